The van der Waals surface area contributed by atoms with Gasteiger partial charge in [-0.05, 0) is 24.7 Å². The van der Waals surface area contributed by atoms with Crippen LogP contribution in [0.2, 0.25) is 0 Å². The molecule has 0 saturated heterocycles. The number of nitrogens with one attached hydrogen (secondary N) is 1. The fourth-order valence-corrected chi connectivity index (χ4v) is 1.92. The molecular weight excluding hydrogens is 170 g/mol. The molecule has 2 nitrogen and oxygen atoms in total. The van der Waals surface area contributed by atoms with E-state index in [4.69, 9.17) is 0 Å². The van der Waals surface area contributed by atoms with Gasteiger partial charge in [0.2, 0.25) is 5.91 Å². The zero-order valence-electron chi connectivity index (χ0n) is 7.76. The highest BCUT2D eigenvalue weighted by molar-refractivity contribution is 7.81. The maximum absolute atomic E-state index is 11.0. The van der Waals surface area contributed by atoms with Crippen LogP contribution >= 0.6 is 12.6 Å². The minimum Gasteiger partial charge on any atom is -0.353 e. The van der Waals surface area contributed by atoms with Gasteiger partial charge in [-0.15, -0.1) is 0 Å². The molecule has 12 heavy (non-hydrogen) atoms. The molecule has 1 N–H and O–H groups in total. The number of carbonyl (C=O) groups excluding carboxylic acids is 1. The fraction of sp³-hybridized carbons (Fsp3) is 0.889. The molecule has 0 aromatic heterocycles. The van der Waals surface area contributed by atoms with Crippen LogP contribution in [-0.2, 0) is 4.79 Å². The predicted molar refractivity (Wildman–Crippen MR) is 53.4 cm³/mol. The van der Waals surface area contributed by atoms with E-state index in [2.05, 4.69) is 31.8 Å². The van der Waals surface area contributed by atoms with E-state index in [0.717, 1.165) is 12.8 Å². The molecule has 0 aliphatic heterocycles. The summed E-state index contributed by atoms with van der Waals surface area (Å²) >= 11 is 3.92. The van der Waals surface area contributed by atoms with Crippen molar-refractivity contribution in [1.29, 1.82) is 0 Å². The summed E-state index contributed by atoms with van der Waals surface area (Å²) in [5.41, 5.74) is 0.411. The normalized spacial score (nSPS) is 27.1. The van der Waals surface area contributed by atoms with E-state index in [1.165, 1.54) is 6.42 Å². The van der Waals surface area contributed by atoms with Gasteiger partial charge in [0.15, 0.2) is 0 Å². The van der Waals surface area contributed by atoms with Crippen LogP contribution < -0.4 is 5.32 Å². The van der Waals surface area contributed by atoms with E-state index in [9.17, 15) is 4.79 Å². The van der Waals surface area contributed by atoms with E-state index < -0.39 is 0 Å². The Morgan fingerprint density at radius 3 is 2.75 bits per heavy atom. The number of hydrogen-bond acceptors (Lipinski definition) is 2. The van der Waals surface area contributed by atoms with Gasteiger partial charge in [0.1, 0.15) is 0 Å². The molecule has 0 radical (unpaired) electrons. The van der Waals surface area contributed by atoms with Crippen molar-refractivity contribution in [2.24, 2.45) is 5.41 Å². The molecule has 1 fully saturated rings. The molecule has 70 valence electrons. The molecule has 0 aromatic rings. The zero-order chi connectivity index (χ0) is 9.19. The van der Waals surface area contributed by atoms with Crippen molar-refractivity contribution in [3.05, 3.63) is 0 Å². The number of hydrogen-bond donors (Lipinski definition) is 2. The van der Waals surface area contributed by atoms with Crippen molar-refractivity contribution >= 4 is 18.5 Å². The minimum atomic E-state index is 0.0565. The van der Waals surface area contributed by atoms with Gasteiger partial charge in [-0.25, -0.2) is 0 Å². The van der Waals surface area contributed by atoms with Crippen LogP contribution in [0, 0.1) is 5.41 Å². The Morgan fingerprint density at radius 1 is 1.67 bits per heavy atom. The van der Waals surface area contributed by atoms with Crippen molar-refractivity contribution in [2.75, 3.05) is 5.75 Å². The summed E-state index contributed by atoms with van der Waals surface area (Å²) in [5.74, 6) is 0.359. The summed E-state index contributed by atoms with van der Waals surface area (Å²) in [7, 11) is 0. The summed E-state index contributed by atoms with van der Waals surface area (Å²) in [6.45, 7) is 4.50. The highest BCUT2D eigenvalue weighted by atomic mass is 32.1. The van der Waals surface area contributed by atoms with Gasteiger partial charge in [-0.3, -0.25) is 4.79 Å². The molecule has 3 heteroatoms. The first-order valence-electron chi connectivity index (χ1n) is 4.44. The SMILES string of the molecule is CC1(C)CCC(NC(=O)CS)C1. The maximum atomic E-state index is 11.0. The summed E-state index contributed by atoms with van der Waals surface area (Å²) in [6, 6.07) is 0.389. The van der Waals surface area contributed by atoms with Crippen LogP contribution in [-0.4, -0.2) is 17.7 Å². The molecule has 0 aromatic carbocycles. The average Bonchev–Trinajstić information content (AvgIpc) is 2.30. The van der Waals surface area contributed by atoms with E-state index in [0.29, 0.717) is 17.2 Å². The first-order valence-corrected chi connectivity index (χ1v) is 5.07. The van der Waals surface area contributed by atoms with Gasteiger partial charge < -0.3 is 5.32 Å². The smallest absolute Gasteiger partial charge is 0.229 e. The van der Waals surface area contributed by atoms with E-state index in [-0.39, 0.29) is 5.91 Å². The Balaban J connectivity index is 2.33. The topological polar surface area (TPSA) is 29.1 Å². The third-order valence-electron chi connectivity index (χ3n) is 2.48. The van der Waals surface area contributed by atoms with Crippen LogP contribution in [0.1, 0.15) is 33.1 Å². The Morgan fingerprint density at radius 2 is 2.33 bits per heavy atom. The molecule has 0 spiro atoms. The zero-order valence-corrected chi connectivity index (χ0v) is 8.66. The molecule has 1 atom stereocenters. The molecule has 1 saturated carbocycles. The quantitative estimate of drug-likeness (QED) is 0.632. The Hall–Kier alpha value is -0.180. The minimum absolute atomic E-state index is 0.0565. The van der Waals surface area contributed by atoms with Crippen molar-refractivity contribution in [3.63, 3.8) is 0 Å². The van der Waals surface area contributed by atoms with Crippen LogP contribution in [0.25, 0.3) is 0 Å². The molecule has 0 bridgehead atoms. The van der Waals surface area contributed by atoms with Gasteiger partial charge in [0.05, 0.1) is 5.75 Å². The van der Waals surface area contributed by atoms with Gasteiger partial charge in [-0.1, -0.05) is 13.8 Å². The monoisotopic (exact) mass is 187 g/mol. The third-order valence-corrected chi connectivity index (χ3v) is 2.76. The van der Waals surface area contributed by atoms with Gasteiger partial charge in [0.25, 0.3) is 0 Å². The van der Waals surface area contributed by atoms with Gasteiger partial charge >= 0.3 is 0 Å². The standard InChI is InChI=1S/C9H17NOS/c1-9(2)4-3-7(5-9)10-8(11)6-12/h7,12H,3-6H2,1-2H3,(H,10,11). The fourth-order valence-electron chi connectivity index (χ4n) is 1.83. The van der Waals surface area contributed by atoms with Gasteiger partial charge in [0, 0.05) is 6.04 Å². The van der Waals surface area contributed by atoms with Crippen LogP contribution in [0.3, 0.4) is 0 Å². The highest BCUT2D eigenvalue weighted by Crippen LogP contribution is 2.36. The second kappa shape index (κ2) is 3.69. The van der Waals surface area contributed by atoms with Crippen molar-refractivity contribution in [1.82, 2.24) is 5.32 Å². The lowest BCUT2D eigenvalue weighted by Gasteiger charge is -2.17. The van der Waals surface area contributed by atoms with Crippen LogP contribution in [0.15, 0.2) is 0 Å². The van der Waals surface area contributed by atoms with Crippen molar-refractivity contribution in [3.8, 4) is 0 Å². The molecule has 1 aliphatic rings. The predicted octanol–water partition coefficient (Wildman–Crippen LogP) is 1.61. The second-order valence-corrected chi connectivity index (χ2v) is 4.65. The Labute approximate surface area is 79.5 Å². The largest absolute Gasteiger partial charge is 0.353 e. The number of rotatable bonds is 2. The summed E-state index contributed by atoms with van der Waals surface area (Å²) in [5, 5.41) is 2.97. The Bertz CT molecular complexity index is 179. The number of amides is 1. The second-order valence-electron chi connectivity index (χ2n) is 4.33. The van der Waals surface area contributed by atoms with Crippen LogP contribution in [0.5, 0.6) is 0 Å². The third kappa shape index (κ3) is 2.70. The number of thiol groups is 1. The molecular formula is C9H17NOS. The molecule has 1 unspecified atom stereocenters. The van der Waals surface area contributed by atoms with Crippen molar-refractivity contribution < 1.29 is 4.79 Å². The van der Waals surface area contributed by atoms with Crippen LogP contribution in [0.4, 0.5) is 0 Å². The lowest BCUT2D eigenvalue weighted by molar-refractivity contribution is -0.119. The first kappa shape index (κ1) is 9.90. The lowest BCUT2D eigenvalue weighted by atomic mass is 9.92. The lowest BCUT2D eigenvalue weighted by Crippen LogP contribution is -2.34. The molecule has 0 heterocycles. The summed E-state index contributed by atoms with van der Waals surface area (Å²) in [6.07, 6.45) is 3.43. The average molecular weight is 187 g/mol. The molecule has 1 aliphatic carbocycles. The van der Waals surface area contributed by atoms with Crippen molar-refractivity contribution in [2.45, 2.75) is 39.2 Å². The molecule has 1 amide bonds. The van der Waals surface area contributed by atoms with E-state index >= 15 is 0 Å². The van der Waals surface area contributed by atoms with Gasteiger partial charge in [-0.2, -0.15) is 12.6 Å². The highest BCUT2D eigenvalue weighted by Gasteiger charge is 2.31. The molecule has 1 rings (SSSR count). The summed E-state index contributed by atoms with van der Waals surface area (Å²) < 4.78 is 0. The number of carbonyl (C=O) groups is 1. The maximum Gasteiger partial charge on any atom is 0.229 e. The first-order chi connectivity index (χ1) is 5.53. The van der Waals surface area contributed by atoms with E-state index in [1.807, 2.05) is 0 Å². The Kier molecular flexibility index (Phi) is 3.04. The van der Waals surface area contributed by atoms with E-state index in [1.54, 1.807) is 0 Å². The summed E-state index contributed by atoms with van der Waals surface area (Å²) in [4.78, 5) is 11.0.